The van der Waals surface area contributed by atoms with E-state index in [1.165, 1.54) is 18.3 Å². The smallest absolute Gasteiger partial charge is 0.220 e. The SMILES string of the molecule is CCONC(N)=Nc1nc(-c2cccc(CNC(C)=O)n2)cs1. The normalized spacial score (nSPS) is 11.3. The molecule has 0 aliphatic heterocycles. The predicted octanol–water partition coefficient (Wildman–Crippen LogP) is 1.33. The fourth-order valence-corrected chi connectivity index (χ4v) is 2.33. The Kier molecular flexibility index (Phi) is 6.01. The number of thiazole rings is 1. The van der Waals surface area contributed by atoms with E-state index in [0.717, 1.165) is 5.69 Å². The average molecular weight is 334 g/mol. The van der Waals surface area contributed by atoms with Gasteiger partial charge in [-0.2, -0.15) is 4.99 Å². The topological polar surface area (TPSA) is 115 Å². The summed E-state index contributed by atoms with van der Waals surface area (Å²) >= 11 is 1.35. The van der Waals surface area contributed by atoms with Crippen LogP contribution in [0, 0.1) is 0 Å². The van der Waals surface area contributed by atoms with E-state index in [2.05, 4.69) is 25.8 Å². The summed E-state index contributed by atoms with van der Waals surface area (Å²) in [6.07, 6.45) is 0. The van der Waals surface area contributed by atoms with Crippen molar-refractivity contribution in [2.75, 3.05) is 6.61 Å². The highest BCUT2D eigenvalue weighted by Crippen LogP contribution is 2.25. The van der Waals surface area contributed by atoms with Gasteiger partial charge in [0.25, 0.3) is 0 Å². The molecular weight excluding hydrogens is 316 g/mol. The van der Waals surface area contributed by atoms with Crippen molar-refractivity contribution in [3.8, 4) is 11.4 Å². The fourth-order valence-electron chi connectivity index (χ4n) is 1.64. The molecule has 4 N–H and O–H groups in total. The zero-order chi connectivity index (χ0) is 16.7. The average Bonchev–Trinajstić information content (AvgIpc) is 2.99. The number of rotatable bonds is 6. The molecule has 1 amide bonds. The second-order valence-corrected chi connectivity index (χ2v) is 5.31. The highest BCUT2D eigenvalue weighted by molar-refractivity contribution is 7.13. The van der Waals surface area contributed by atoms with Crippen molar-refractivity contribution in [3.05, 3.63) is 29.3 Å². The Bertz CT molecular complexity index is 700. The number of hydroxylamine groups is 1. The number of hydrogen-bond donors (Lipinski definition) is 3. The first-order chi connectivity index (χ1) is 11.1. The molecule has 0 bridgehead atoms. The van der Waals surface area contributed by atoms with Crippen LogP contribution in [0.1, 0.15) is 19.5 Å². The van der Waals surface area contributed by atoms with Crippen LogP contribution in [0.15, 0.2) is 28.6 Å². The minimum atomic E-state index is -0.0974. The number of amides is 1. The summed E-state index contributed by atoms with van der Waals surface area (Å²) < 4.78 is 0. The number of pyridine rings is 1. The number of nitrogens with one attached hydrogen (secondary N) is 2. The summed E-state index contributed by atoms with van der Waals surface area (Å²) in [4.78, 5) is 28.8. The zero-order valence-electron chi connectivity index (χ0n) is 12.9. The van der Waals surface area contributed by atoms with Gasteiger partial charge in [-0.15, -0.1) is 11.3 Å². The number of nitrogens with two attached hydrogens (primary N) is 1. The van der Waals surface area contributed by atoms with Crippen LogP contribution in [0.4, 0.5) is 5.13 Å². The molecule has 0 radical (unpaired) electrons. The summed E-state index contributed by atoms with van der Waals surface area (Å²) in [5.41, 5.74) is 10.3. The molecule has 8 nitrogen and oxygen atoms in total. The summed E-state index contributed by atoms with van der Waals surface area (Å²) in [5.74, 6) is 0.0416. The quantitative estimate of drug-likeness (QED) is 0.417. The van der Waals surface area contributed by atoms with Crippen LogP contribution >= 0.6 is 11.3 Å². The molecule has 0 aliphatic rings. The van der Waals surface area contributed by atoms with Crippen LogP contribution in [-0.2, 0) is 16.2 Å². The van der Waals surface area contributed by atoms with E-state index in [1.807, 2.05) is 30.5 Å². The van der Waals surface area contributed by atoms with Gasteiger partial charge in [0, 0.05) is 12.3 Å². The van der Waals surface area contributed by atoms with Crippen molar-refractivity contribution < 1.29 is 9.63 Å². The largest absolute Gasteiger partial charge is 0.368 e. The second kappa shape index (κ2) is 8.20. The van der Waals surface area contributed by atoms with E-state index < -0.39 is 0 Å². The van der Waals surface area contributed by atoms with Crippen LogP contribution in [-0.4, -0.2) is 28.4 Å². The molecule has 0 atom stereocenters. The van der Waals surface area contributed by atoms with Crippen molar-refractivity contribution in [3.63, 3.8) is 0 Å². The lowest BCUT2D eigenvalue weighted by molar-refractivity contribution is -0.119. The molecular formula is C14H18N6O2S. The maximum atomic E-state index is 11.0. The monoisotopic (exact) mass is 334 g/mol. The van der Waals surface area contributed by atoms with Gasteiger partial charge in [0.15, 0.2) is 0 Å². The summed E-state index contributed by atoms with van der Waals surface area (Å²) in [7, 11) is 0. The number of aromatic nitrogens is 2. The first kappa shape index (κ1) is 16.8. The first-order valence-electron chi connectivity index (χ1n) is 6.96. The molecule has 122 valence electrons. The maximum Gasteiger partial charge on any atom is 0.220 e. The molecule has 0 saturated carbocycles. The molecule has 2 heterocycles. The number of aliphatic imine (C=N–C) groups is 1. The first-order valence-corrected chi connectivity index (χ1v) is 7.84. The van der Waals surface area contributed by atoms with Crippen molar-refractivity contribution in [1.82, 2.24) is 20.8 Å². The number of carbonyl (C=O) groups is 1. The second-order valence-electron chi connectivity index (χ2n) is 4.47. The van der Waals surface area contributed by atoms with E-state index >= 15 is 0 Å². The maximum absolute atomic E-state index is 11.0. The van der Waals surface area contributed by atoms with Gasteiger partial charge >= 0.3 is 0 Å². The third kappa shape index (κ3) is 5.31. The zero-order valence-corrected chi connectivity index (χ0v) is 13.7. The van der Waals surface area contributed by atoms with E-state index in [4.69, 9.17) is 10.6 Å². The van der Waals surface area contributed by atoms with Crippen LogP contribution in [0.2, 0.25) is 0 Å². The van der Waals surface area contributed by atoms with Gasteiger partial charge in [-0.05, 0) is 19.1 Å². The third-order valence-corrected chi connectivity index (χ3v) is 3.35. The summed E-state index contributed by atoms with van der Waals surface area (Å²) in [6.45, 7) is 4.16. The highest BCUT2D eigenvalue weighted by Gasteiger charge is 2.07. The molecule has 0 unspecified atom stereocenters. The Morgan fingerprint density at radius 3 is 2.96 bits per heavy atom. The van der Waals surface area contributed by atoms with E-state index in [9.17, 15) is 4.79 Å². The van der Waals surface area contributed by atoms with Gasteiger partial charge in [-0.25, -0.2) is 15.4 Å². The van der Waals surface area contributed by atoms with Gasteiger partial charge < -0.3 is 11.1 Å². The van der Waals surface area contributed by atoms with E-state index in [0.29, 0.717) is 29.7 Å². The van der Waals surface area contributed by atoms with Crippen LogP contribution in [0.5, 0.6) is 0 Å². The lowest BCUT2D eigenvalue weighted by Crippen LogP contribution is -2.31. The molecule has 2 aromatic heterocycles. The molecule has 2 aromatic rings. The van der Waals surface area contributed by atoms with Gasteiger partial charge in [-0.3, -0.25) is 9.63 Å². The summed E-state index contributed by atoms with van der Waals surface area (Å²) in [5, 5.41) is 5.05. The van der Waals surface area contributed by atoms with Crippen LogP contribution < -0.4 is 16.5 Å². The van der Waals surface area contributed by atoms with E-state index in [-0.39, 0.29) is 11.9 Å². The third-order valence-electron chi connectivity index (χ3n) is 2.62. The molecule has 0 spiro atoms. The van der Waals surface area contributed by atoms with Gasteiger partial charge in [0.05, 0.1) is 24.5 Å². The predicted molar refractivity (Wildman–Crippen MR) is 88.9 cm³/mol. The lowest BCUT2D eigenvalue weighted by Gasteiger charge is -2.03. The van der Waals surface area contributed by atoms with Crippen molar-refractivity contribution in [2.45, 2.75) is 20.4 Å². The van der Waals surface area contributed by atoms with E-state index in [1.54, 1.807) is 0 Å². The highest BCUT2D eigenvalue weighted by atomic mass is 32.1. The number of carbonyl (C=O) groups excluding carboxylic acids is 1. The lowest BCUT2D eigenvalue weighted by atomic mass is 10.2. The minimum Gasteiger partial charge on any atom is -0.368 e. The summed E-state index contributed by atoms with van der Waals surface area (Å²) in [6, 6.07) is 5.56. The molecule has 23 heavy (non-hydrogen) atoms. The minimum absolute atomic E-state index is 0.0974. The van der Waals surface area contributed by atoms with Crippen molar-refractivity contribution >= 4 is 28.3 Å². The number of guanidine groups is 1. The Labute approximate surface area is 137 Å². The van der Waals surface area contributed by atoms with Gasteiger partial charge in [-0.1, -0.05) is 6.07 Å². The molecule has 0 aliphatic carbocycles. The molecule has 2 rings (SSSR count). The molecule has 0 aromatic carbocycles. The Hall–Kier alpha value is -2.52. The van der Waals surface area contributed by atoms with Gasteiger partial charge in [0.2, 0.25) is 17.0 Å². The van der Waals surface area contributed by atoms with Crippen LogP contribution in [0.3, 0.4) is 0 Å². The number of nitrogens with zero attached hydrogens (tertiary/aromatic N) is 3. The molecule has 0 fully saturated rings. The Morgan fingerprint density at radius 2 is 2.22 bits per heavy atom. The standard InChI is InChI=1S/C14H18N6O2S/c1-3-22-20-13(15)19-14-18-12(8-23-14)11-6-4-5-10(17-11)7-16-9(2)21/h4-6,8H,3,7H2,1-2H3,(H,16,21)(H3,15,18,19,20). The molecule has 0 saturated heterocycles. The number of hydrogen-bond acceptors (Lipinski definition) is 6. The van der Waals surface area contributed by atoms with Crippen molar-refractivity contribution in [1.29, 1.82) is 0 Å². The fraction of sp³-hybridized carbons (Fsp3) is 0.286. The van der Waals surface area contributed by atoms with Crippen molar-refractivity contribution in [2.24, 2.45) is 10.7 Å². The Morgan fingerprint density at radius 1 is 1.39 bits per heavy atom. The molecule has 9 heteroatoms. The van der Waals surface area contributed by atoms with Crippen LogP contribution in [0.25, 0.3) is 11.4 Å². The Balaban J connectivity index is 2.11. The van der Waals surface area contributed by atoms with Gasteiger partial charge in [0.1, 0.15) is 5.69 Å².